The Morgan fingerprint density at radius 1 is 0.919 bits per heavy atom. The van der Waals surface area contributed by atoms with Crippen molar-refractivity contribution in [1.29, 1.82) is 0 Å². The number of nitrogens with zero attached hydrogens (tertiary/aromatic N) is 4. The third kappa shape index (κ3) is 5.31. The van der Waals surface area contributed by atoms with Crippen molar-refractivity contribution in [2.24, 2.45) is 0 Å². The molecule has 1 saturated heterocycles. The van der Waals surface area contributed by atoms with Crippen molar-refractivity contribution in [3.63, 3.8) is 0 Å². The van der Waals surface area contributed by atoms with Crippen molar-refractivity contribution in [3.05, 3.63) is 107 Å². The molecule has 1 aliphatic rings. The molecule has 7 heteroatoms. The van der Waals surface area contributed by atoms with Gasteiger partial charge in [-0.3, -0.25) is 4.79 Å². The summed E-state index contributed by atoms with van der Waals surface area (Å²) in [7, 11) is 1.58. The first-order valence-electron chi connectivity index (χ1n) is 12.4. The lowest BCUT2D eigenvalue weighted by molar-refractivity contribution is 0.0743. The van der Waals surface area contributed by atoms with Gasteiger partial charge in [0.05, 0.1) is 12.7 Å². The molecule has 2 heterocycles. The van der Waals surface area contributed by atoms with Crippen molar-refractivity contribution >= 4 is 11.7 Å². The minimum absolute atomic E-state index is 0.0408. The van der Waals surface area contributed by atoms with Gasteiger partial charge in [0.25, 0.3) is 5.91 Å². The summed E-state index contributed by atoms with van der Waals surface area (Å²) in [6, 6.07) is 23.9. The van der Waals surface area contributed by atoms with E-state index in [0.29, 0.717) is 55.3 Å². The zero-order valence-electron chi connectivity index (χ0n) is 21.0. The third-order valence-electron chi connectivity index (χ3n) is 6.70. The molecule has 0 radical (unpaired) electrons. The molecule has 6 nitrogen and oxygen atoms in total. The van der Waals surface area contributed by atoms with Gasteiger partial charge >= 0.3 is 0 Å². The molecule has 3 aromatic carbocycles. The summed E-state index contributed by atoms with van der Waals surface area (Å²) in [5.41, 5.74) is 4.27. The third-order valence-corrected chi connectivity index (χ3v) is 6.70. The number of piperazine rings is 1. The van der Waals surface area contributed by atoms with Gasteiger partial charge in [0, 0.05) is 49.4 Å². The van der Waals surface area contributed by atoms with Crippen LogP contribution in [-0.4, -0.2) is 54.1 Å². The van der Waals surface area contributed by atoms with E-state index in [9.17, 15) is 9.18 Å². The number of carbonyl (C=O) groups excluding carboxylic acids is 1. The molecule has 0 saturated carbocycles. The first-order valence-corrected chi connectivity index (χ1v) is 12.4. The number of hydrogen-bond donors (Lipinski definition) is 0. The fourth-order valence-electron chi connectivity index (χ4n) is 4.72. The second-order valence-corrected chi connectivity index (χ2v) is 9.09. The smallest absolute Gasteiger partial charge is 0.257 e. The van der Waals surface area contributed by atoms with Crippen LogP contribution in [0.5, 0.6) is 5.75 Å². The van der Waals surface area contributed by atoms with Gasteiger partial charge in [-0.25, -0.2) is 14.4 Å². The monoisotopic (exact) mass is 496 g/mol. The molecule has 37 heavy (non-hydrogen) atoms. The molecule has 1 fully saturated rings. The predicted molar refractivity (Wildman–Crippen MR) is 143 cm³/mol. The van der Waals surface area contributed by atoms with E-state index in [-0.39, 0.29) is 11.7 Å². The van der Waals surface area contributed by atoms with E-state index < -0.39 is 0 Å². The number of aryl methyl sites for hydroxylation is 1. The number of halogens is 1. The van der Waals surface area contributed by atoms with E-state index in [2.05, 4.69) is 17.0 Å². The van der Waals surface area contributed by atoms with Crippen molar-refractivity contribution in [2.75, 3.05) is 38.2 Å². The fraction of sp³-hybridized carbons (Fsp3) is 0.233. The van der Waals surface area contributed by atoms with Crippen molar-refractivity contribution in [2.45, 2.75) is 13.3 Å². The normalized spacial score (nSPS) is 13.5. The topological polar surface area (TPSA) is 58.6 Å². The van der Waals surface area contributed by atoms with Crippen LogP contribution < -0.4 is 9.64 Å². The van der Waals surface area contributed by atoms with Gasteiger partial charge in [-0.2, -0.15) is 0 Å². The molecule has 5 rings (SSSR count). The first-order chi connectivity index (χ1) is 18.0. The lowest BCUT2D eigenvalue weighted by atomic mass is 10.0. The van der Waals surface area contributed by atoms with Crippen LogP contribution in [-0.2, 0) is 6.42 Å². The van der Waals surface area contributed by atoms with Crippen LogP contribution in [0.4, 0.5) is 10.2 Å². The molecule has 0 spiro atoms. The molecule has 0 atom stereocenters. The predicted octanol–water partition coefficient (Wildman–Crippen LogP) is 5.15. The van der Waals surface area contributed by atoms with Crippen molar-refractivity contribution in [1.82, 2.24) is 14.9 Å². The number of anilines is 1. The van der Waals surface area contributed by atoms with Crippen LogP contribution in [0.1, 0.15) is 27.2 Å². The molecule has 0 N–H and O–H groups in total. The Bertz CT molecular complexity index is 1400. The lowest BCUT2D eigenvalue weighted by Crippen LogP contribution is -2.49. The summed E-state index contributed by atoms with van der Waals surface area (Å²) in [4.78, 5) is 27.0. The molecule has 1 amide bonds. The highest BCUT2D eigenvalue weighted by Crippen LogP contribution is 2.29. The van der Waals surface area contributed by atoms with Crippen LogP contribution in [0.3, 0.4) is 0 Å². The van der Waals surface area contributed by atoms with Gasteiger partial charge in [0.2, 0.25) is 0 Å². The summed E-state index contributed by atoms with van der Waals surface area (Å²) in [6.45, 7) is 4.34. The summed E-state index contributed by atoms with van der Waals surface area (Å²) < 4.78 is 19.4. The van der Waals surface area contributed by atoms with E-state index >= 15 is 0 Å². The van der Waals surface area contributed by atoms with Crippen LogP contribution >= 0.6 is 0 Å². The highest BCUT2D eigenvalue weighted by Gasteiger charge is 2.27. The average molecular weight is 497 g/mol. The molecule has 0 bridgehead atoms. The van der Waals surface area contributed by atoms with Gasteiger partial charge in [-0.1, -0.05) is 54.6 Å². The number of para-hydroxylation sites is 1. The second kappa shape index (κ2) is 10.8. The Morgan fingerprint density at radius 3 is 2.38 bits per heavy atom. The quantitative estimate of drug-likeness (QED) is 0.369. The summed E-state index contributed by atoms with van der Waals surface area (Å²) in [5, 5.41) is 0. The lowest BCUT2D eigenvalue weighted by Gasteiger charge is -2.36. The molecular weight excluding hydrogens is 467 g/mol. The van der Waals surface area contributed by atoms with Gasteiger partial charge in [0.1, 0.15) is 17.4 Å². The number of hydrogen-bond acceptors (Lipinski definition) is 5. The summed E-state index contributed by atoms with van der Waals surface area (Å²) in [6.07, 6.45) is 0.686. The maximum absolute atomic E-state index is 14.0. The average Bonchev–Trinajstić information content (AvgIpc) is 2.94. The Balaban J connectivity index is 1.45. The van der Waals surface area contributed by atoms with Crippen LogP contribution in [0.15, 0.2) is 78.9 Å². The second-order valence-electron chi connectivity index (χ2n) is 9.09. The zero-order valence-corrected chi connectivity index (χ0v) is 21.0. The maximum atomic E-state index is 14.0. The molecule has 0 aliphatic carbocycles. The molecule has 188 valence electrons. The summed E-state index contributed by atoms with van der Waals surface area (Å²) in [5.74, 6) is 1.54. The van der Waals surface area contributed by atoms with Gasteiger partial charge < -0.3 is 14.5 Å². The molecule has 0 unspecified atom stereocenters. The number of methoxy groups -OCH3 is 1. The van der Waals surface area contributed by atoms with Gasteiger partial charge in [0.15, 0.2) is 5.82 Å². The molecule has 1 aromatic heterocycles. The Labute approximate surface area is 216 Å². The minimum atomic E-state index is -0.322. The summed E-state index contributed by atoms with van der Waals surface area (Å²) >= 11 is 0. The number of amides is 1. The Hall–Kier alpha value is -4.26. The van der Waals surface area contributed by atoms with E-state index in [4.69, 9.17) is 14.7 Å². The van der Waals surface area contributed by atoms with E-state index in [1.165, 1.54) is 17.7 Å². The molecule has 1 aliphatic heterocycles. The molecule has 4 aromatic rings. The number of carbonyl (C=O) groups is 1. The first kappa shape index (κ1) is 24.4. The largest absolute Gasteiger partial charge is 0.496 e. The highest BCUT2D eigenvalue weighted by molar-refractivity contribution is 5.97. The van der Waals surface area contributed by atoms with Gasteiger partial charge in [-0.15, -0.1) is 0 Å². The molecular formula is C30H29FN4O2. The zero-order chi connectivity index (χ0) is 25.8. The Kier molecular flexibility index (Phi) is 7.12. The Morgan fingerprint density at radius 2 is 1.65 bits per heavy atom. The van der Waals surface area contributed by atoms with E-state index in [1.807, 2.05) is 48.2 Å². The van der Waals surface area contributed by atoms with E-state index in [1.54, 1.807) is 25.3 Å². The number of benzene rings is 3. The van der Waals surface area contributed by atoms with Crippen molar-refractivity contribution < 1.29 is 13.9 Å². The number of aromatic nitrogens is 2. The van der Waals surface area contributed by atoms with E-state index in [0.717, 1.165) is 17.1 Å². The number of rotatable bonds is 6. The van der Waals surface area contributed by atoms with Gasteiger partial charge in [-0.05, 0) is 36.8 Å². The highest BCUT2D eigenvalue weighted by atomic mass is 19.1. The minimum Gasteiger partial charge on any atom is -0.496 e. The van der Waals surface area contributed by atoms with Crippen LogP contribution in [0, 0.1) is 12.7 Å². The van der Waals surface area contributed by atoms with Crippen molar-refractivity contribution in [3.8, 4) is 17.1 Å². The maximum Gasteiger partial charge on any atom is 0.257 e. The van der Waals surface area contributed by atoms with Crippen LogP contribution in [0.25, 0.3) is 11.4 Å². The standard InChI is InChI=1S/C30H29FN4O2/c1-21-26(19-22-9-4-3-5-10-22)29(33-28(32-21)23-11-8-12-24(31)20-23)34-15-17-35(18-16-34)30(36)25-13-6-7-14-27(25)37-2/h3-14,20H,15-19H2,1-2H3. The fourth-order valence-corrected chi connectivity index (χ4v) is 4.72. The van der Waals surface area contributed by atoms with Crippen LogP contribution in [0.2, 0.25) is 0 Å². The number of ether oxygens (including phenoxy) is 1. The SMILES string of the molecule is COc1ccccc1C(=O)N1CCN(c2nc(-c3cccc(F)c3)nc(C)c2Cc2ccccc2)CC1.